The van der Waals surface area contributed by atoms with Crippen molar-refractivity contribution in [2.75, 3.05) is 11.9 Å². The first kappa shape index (κ1) is 22.6. The fourth-order valence-electron chi connectivity index (χ4n) is 3.52. The van der Waals surface area contributed by atoms with Crippen molar-refractivity contribution in [2.45, 2.75) is 43.6 Å². The van der Waals surface area contributed by atoms with Crippen LogP contribution in [-0.4, -0.2) is 27.3 Å². The molecule has 0 fully saturated rings. The summed E-state index contributed by atoms with van der Waals surface area (Å²) in [5, 5.41) is 8.68. The zero-order chi connectivity index (χ0) is 22.5. The highest BCUT2D eigenvalue weighted by Crippen LogP contribution is 2.37. The molecule has 0 aliphatic carbocycles. The molecule has 2 heterocycles. The maximum atomic E-state index is 13.1. The monoisotopic (exact) mass is 512 g/mol. The van der Waals surface area contributed by atoms with Gasteiger partial charge in [0.15, 0.2) is 0 Å². The van der Waals surface area contributed by atoms with E-state index in [1.54, 1.807) is 16.4 Å². The molecule has 1 N–H and O–H groups in total. The number of nitrogens with one attached hydrogen (secondary N) is 1. The van der Waals surface area contributed by atoms with E-state index >= 15 is 0 Å². The summed E-state index contributed by atoms with van der Waals surface area (Å²) in [6.07, 6.45) is 1.80. The lowest BCUT2D eigenvalue weighted by Gasteiger charge is -2.28. The molecule has 0 spiro atoms. The number of anilines is 1. The van der Waals surface area contributed by atoms with Gasteiger partial charge < -0.3 is 10.1 Å². The number of thioether (sulfide) groups is 1. The summed E-state index contributed by atoms with van der Waals surface area (Å²) in [6, 6.07) is 17.7. The molecular weight excluding hydrogens is 488 g/mol. The maximum absolute atomic E-state index is 13.1. The Morgan fingerprint density at radius 2 is 1.94 bits per heavy atom. The number of aromatic nitrogens is 3. The number of unbranched alkanes of at least 4 members (excludes halogenated alkanes) is 1. The Labute approximate surface area is 200 Å². The summed E-state index contributed by atoms with van der Waals surface area (Å²) >= 11 is 5.06. The second-order valence-corrected chi connectivity index (χ2v) is 9.40. The molecule has 6 nitrogen and oxygen atoms in total. The van der Waals surface area contributed by atoms with E-state index in [0.717, 1.165) is 34.3 Å². The number of carbonyl (C=O) groups is 1. The zero-order valence-electron chi connectivity index (χ0n) is 18.0. The van der Waals surface area contributed by atoms with Gasteiger partial charge in [-0.3, -0.25) is 0 Å². The number of halogens is 1. The van der Waals surface area contributed by atoms with Crippen molar-refractivity contribution in [1.29, 1.82) is 0 Å². The predicted molar refractivity (Wildman–Crippen MR) is 130 cm³/mol. The standard InChI is InChI=1S/C24H25BrN4O2S/c1-3-4-14-31-22(30)20-16(2)26-23-27-24(32-15-17-8-6-5-7-9-17)28-29(23)21(20)18-10-12-19(25)13-11-18/h5-13,21H,3-4,14-15H2,1-2H3,(H,26,27,28). The van der Waals surface area contributed by atoms with E-state index in [4.69, 9.17) is 9.84 Å². The van der Waals surface area contributed by atoms with Crippen LogP contribution in [0.5, 0.6) is 0 Å². The lowest BCUT2D eigenvalue weighted by molar-refractivity contribution is -0.139. The number of rotatable bonds is 8. The van der Waals surface area contributed by atoms with E-state index in [0.29, 0.717) is 23.3 Å². The third-order valence-corrected chi connectivity index (χ3v) is 6.62. The van der Waals surface area contributed by atoms with Crippen molar-refractivity contribution < 1.29 is 9.53 Å². The molecule has 1 aliphatic heterocycles. The molecule has 1 aliphatic rings. The molecular formula is C24H25BrN4O2S. The Morgan fingerprint density at radius 3 is 2.66 bits per heavy atom. The highest BCUT2D eigenvalue weighted by molar-refractivity contribution is 9.10. The fraction of sp³-hybridized carbons (Fsp3) is 0.292. The van der Waals surface area contributed by atoms with Crippen LogP contribution in [0.2, 0.25) is 0 Å². The van der Waals surface area contributed by atoms with Gasteiger partial charge in [-0.1, -0.05) is 83.5 Å². The van der Waals surface area contributed by atoms with Crippen molar-refractivity contribution in [2.24, 2.45) is 0 Å². The minimum atomic E-state index is -0.410. The van der Waals surface area contributed by atoms with E-state index < -0.39 is 6.04 Å². The summed E-state index contributed by atoms with van der Waals surface area (Å²) in [5.74, 6) is 1.07. The van der Waals surface area contributed by atoms with Crippen molar-refractivity contribution in [1.82, 2.24) is 14.8 Å². The summed E-state index contributed by atoms with van der Waals surface area (Å²) in [4.78, 5) is 17.8. The molecule has 2 aromatic carbocycles. The van der Waals surface area contributed by atoms with Crippen LogP contribution in [-0.2, 0) is 15.3 Å². The minimum absolute atomic E-state index is 0.323. The third-order valence-electron chi connectivity index (χ3n) is 5.18. The van der Waals surface area contributed by atoms with Gasteiger partial charge in [0.1, 0.15) is 6.04 Å². The molecule has 4 rings (SSSR count). The molecule has 0 bridgehead atoms. The Hall–Kier alpha value is -2.58. The topological polar surface area (TPSA) is 69.0 Å². The second-order valence-electron chi connectivity index (χ2n) is 7.54. The van der Waals surface area contributed by atoms with Crippen molar-refractivity contribution in [3.63, 3.8) is 0 Å². The minimum Gasteiger partial charge on any atom is -0.462 e. The smallest absolute Gasteiger partial charge is 0.338 e. The van der Waals surface area contributed by atoms with Crippen LogP contribution >= 0.6 is 27.7 Å². The van der Waals surface area contributed by atoms with Gasteiger partial charge in [-0.15, -0.1) is 5.10 Å². The first-order valence-corrected chi connectivity index (χ1v) is 12.4. The van der Waals surface area contributed by atoms with Crippen LogP contribution in [0, 0.1) is 0 Å². The first-order valence-electron chi connectivity index (χ1n) is 10.6. The lowest BCUT2D eigenvalue weighted by atomic mass is 9.96. The molecule has 32 heavy (non-hydrogen) atoms. The number of ether oxygens (including phenoxy) is 1. The number of fused-ring (bicyclic) bond motifs is 1. The molecule has 1 atom stereocenters. The maximum Gasteiger partial charge on any atom is 0.338 e. The number of hydrogen-bond acceptors (Lipinski definition) is 6. The number of benzene rings is 2. The number of nitrogens with zero attached hydrogens (tertiary/aromatic N) is 3. The van der Waals surface area contributed by atoms with Crippen LogP contribution in [0.1, 0.15) is 43.9 Å². The molecule has 1 unspecified atom stereocenters. The second kappa shape index (κ2) is 10.4. The van der Waals surface area contributed by atoms with Crippen LogP contribution in [0.3, 0.4) is 0 Å². The fourth-order valence-corrected chi connectivity index (χ4v) is 4.57. The predicted octanol–water partition coefficient (Wildman–Crippen LogP) is 5.97. The van der Waals surface area contributed by atoms with Gasteiger partial charge in [-0.25, -0.2) is 9.48 Å². The summed E-state index contributed by atoms with van der Waals surface area (Å²) < 4.78 is 8.35. The lowest BCUT2D eigenvalue weighted by Crippen LogP contribution is -2.29. The Morgan fingerprint density at radius 1 is 1.19 bits per heavy atom. The average Bonchev–Trinajstić information content (AvgIpc) is 3.20. The van der Waals surface area contributed by atoms with Crippen LogP contribution in [0.15, 0.2) is 75.5 Å². The van der Waals surface area contributed by atoms with Gasteiger partial charge in [-0.05, 0) is 36.6 Å². The molecule has 0 saturated carbocycles. The van der Waals surface area contributed by atoms with Gasteiger partial charge in [0.25, 0.3) is 0 Å². The largest absolute Gasteiger partial charge is 0.462 e. The average molecular weight is 513 g/mol. The Kier molecular flexibility index (Phi) is 7.32. The summed E-state index contributed by atoms with van der Waals surface area (Å²) in [7, 11) is 0. The molecule has 0 saturated heterocycles. The van der Waals surface area contributed by atoms with E-state index in [1.165, 1.54) is 5.56 Å². The highest BCUT2D eigenvalue weighted by Gasteiger charge is 2.35. The van der Waals surface area contributed by atoms with Crippen molar-refractivity contribution >= 4 is 39.6 Å². The van der Waals surface area contributed by atoms with E-state index in [9.17, 15) is 4.79 Å². The Balaban J connectivity index is 1.66. The van der Waals surface area contributed by atoms with Gasteiger partial charge in [0, 0.05) is 15.9 Å². The van der Waals surface area contributed by atoms with E-state index in [1.807, 2.05) is 49.4 Å². The van der Waals surface area contributed by atoms with Gasteiger partial charge >= 0.3 is 5.97 Å². The van der Waals surface area contributed by atoms with Gasteiger partial charge in [0.05, 0.1) is 12.2 Å². The van der Waals surface area contributed by atoms with E-state index in [2.05, 4.69) is 45.3 Å². The molecule has 0 amide bonds. The molecule has 8 heteroatoms. The number of carbonyl (C=O) groups excluding carboxylic acids is 1. The van der Waals surface area contributed by atoms with Crippen molar-refractivity contribution in [3.8, 4) is 0 Å². The third kappa shape index (κ3) is 5.07. The molecule has 1 aromatic heterocycles. The van der Waals surface area contributed by atoms with Crippen molar-refractivity contribution in [3.05, 3.63) is 81.5 Å². The van der Waals surface area contributed by atoms with E-state index in [-0.39, 0.29) is 5.97 Å². The molecule has 3 aromatic rings. The van der Waals surface area contributed by atoms with Crippen LogP contribution in [0.4, 0.5) is 5.95 Å². The number of allylic oxidation sites excluding steroid dienone is 1. The summed E-state index contributed by atoms with van der Waals surface area (Å²) in [5.41, 5.74) is 3.44. The van der Waals surface area contributed by atoms with Crippen LogP contribution < -0.4 is 5.32 Å². The van der Waals surface area contributed by atoms with Gasteiger partial charge in [-0.2, -0.15) is 4.98 Å². The Bertz CT molecular complexity index is 1110. The normalized spacial score (nSPS) is 15.3. The number of hydrogen-bond donors (Lipinski definition) is 1. The highest BCUT2D eigenvalue weighted by atomic mass is 79.9. The van der Waals surface area contributed by atoms with Crippen LogP contribution in [0.25, 0.3) is 0 Å². The number of esters is 1. The molecule has 0 radical (unpaired) electrons. The van der Waals surface area contributed by atoms with Gasteiger partial charge in [0.2, 0.25) is 11.1 Å². The quantitative estimate of drug-likeness (QED) is 0.228. The first-order chi connectivity index (χ1) is 15.6. The summed E-state index contributed by atoms with van der Waals surface area (Å²) in [6.45, 7) is 4.36. The SMILES string of the molecule is CCCCOC(=O)C1=C(C)Nc2nc(SCc3ccccc3)nn2C1c1ccc(Br)cc1. The zero-order valence-corrected chi connectivity index (χ0v) is 20.4. The molecule has 166 valence electrons.